The van der Waals surface area contributed by atoms with Crippen molar-refractivity contribution < 1.29 is 19.4 Å². The van der Waals surface area contributed by atoms with Crippen LogP contribution < -0.4 is 10.2 Å². The van der Waals surface area contributed by atoms with Gasteiger partial charge in [0.15, 0.2) is 5.78 Å². The number of rotatable bonds is 6. The van der Waals surface area contributed by atoms with Crippen LogP contribution in [0.4, 0.5) is 0 Å². The third-order valence-electron chi connectivity index (χ3n) is 5.03. The van der Waals surface area contributed by atoms with Crippen LogP contribution >= 0.6 is 15.9 Å². The van der Waals surface area contributed by atoms with Crippen LogP contribution in [0, 0.1) is 0 Å². The summed E-state index contributed by atoms with van der Waals surface area (Å²) < 4.78 is 7.52. The summed E-state index contributed by atoms with van der Waals surface area (Å²) in [4.78, 5) is 42.4. The van der Waals surface area contributed by atoms with Gasteiger partial charge in [0.1, 0.15) is 15.9 Å². The molecule has 0 radical (unpaired) electrons. The molecule has 0 amide bonds. The minimum Gasteiger partial charge on any atom is -0.496 e. The summed E-state index contributed by atoms with van der Waals surface area (Å²) in [6.45, 7) is 0.337. The molecule has 0 bridgehead atoms. The Kier molecular flexibility index (Phi) is 5.87. The molecule has 4 rings (SSSR count). The van der Waals surface area contributed by atoms with E-state index in [1.54, 1.807) is 22.8 Å². The molecule has 0 atom stereocenters. The molecule has 7 nitrogen and oxygen atoms in total. The molecule has 8 heteroatoms. The summed E-state index contributed by atoms with van der Waals surface area (Å²) in [5.74, 6) is -1.67. The predicted molar refractivity (Wildman–Crippen MR) is 123 cm³/mol. The Morgan fingerprint density at radius 3 is 2.56 bits per heavy atom. The maximum Gasteiger partial charge on any atom is 0.339 e. The van der Waals surface area contributed by atoms with Gasteiger partial charge < -0.3 is 14.4 Å². The van der Waals surface area contributed by atoms with Gasteiger partial charge in [0.05, 0.1) is 30.4 Å². The van der Waals surface area contributed by atoms with Crippen molar-refractivity contribution in [3.63, 3.8) is 0 Å². The summed E-state index contributed by atoms with van der Waals surface area (Å²) in [7, 11) is 1.35. The van der Waals surface area contributed by atoms with Crippen molar-refractivity contribution in [3.8, 4) is 5.75 Å². The van der Waals surface area contributed by atoms with Crippen LogP contribution in [0.5, 0.6) is 5.75 Å². The summed E-state index contributed by atoms with van der Waals surface area (Å²) in [5.41, 5.74) is 0.860. The molecular weight excluding hydrogens is 476 g/mol. The Morgan fingerprint density at radius 1 is 1.06 bits per heavy atom. The van der Waals surface area contributed by atoms with Crippen molar-refractivity contribution in [3.05, 3.63) is 104 Å². The van der Waals surface area contributed by atoms with Crippen LogP contribution in [-0.4, -0.2) is 33.5 Å². The third kappa shape index (κ3) is 4.04. The van der Waals surface area contributed by atoms with Crippen LogP contribution in [-0.2, 0) is 6.54 Å². The van der Waals surface area contributed by atoms with Crippen LogP contribution in [0.15, 0.2) is 76.3 Å². The molecule has 1 N–H and O–H groups in total. The largest absolute Gasteiger partial charge is 0.496 e. The van der Waals surface area contributed by atoms with Crippen molar-refractivity contribution in [2.24, 2.45) is 0 Å². The number of carboxylic acid groups (broad SMARTS) is 1. The highest BCUT2D eigenvalue weighted by Crippen LogP contribution is 2.22. The highest BCUT2D eigenvalue weighted by Gasteiger charge is 2.20. The van der Waals surface area contributed by atoms with E-state index in [1.165, 1.54) is 31.5 Å². The first-order chi connectivity index (χ1) is 15.4. The minimum atomic E-state index is -1.23. The van der Waals surface area contributed by atoms with E-state index in [9.17, 15) is 19.5 Å². The van der Waals surface area contributed by atoms with Crippen LogP contribution in [0.25, 0.3) is 10.9 Å². The monoisotopic (exact) mass is 492 g/mol. The van der Waals surface area contributed by atoms with E-state index in [4.69, 9.17) is 4.74 Å². The number of aromatic carboxylic acids is 1. The number of ether oxygens (including phenoxy) is 1. The lowest BCUT2D eigenvalue weighted by Gasteiger charge is -2.13. The van der Waals surface area contributed by atoms with E-state index < -0.39 is 17.2 Å². The van der Waals surface area contributed by atoms with Gasteiger partial charge in [-0.15, -0.1) is 0 Å². The molecule has 4 aromatic rings. The molecule has 32 heavy (non-hydrogen) atoms. The molecule has 0 saturated carbocycles. The summed E-state index contributed by atoms with van der Waals surface area (Å²) in [6.07, 6.45) is 1.50. The van der Waals surface area contributed by atoms with Gasteiger partial charge in [0.2, 0.25) is 5.43 Å². The number of ketones is 1. The number of carbonyl (C=O) groups excluding carboxylic acids is 1. The van der Waals surface area contributed by atoms with E-state index in [0.717, 1.165) is 5.69 Å². The zero-order valence-electron chi connectivity index (χ0n) is 16.9. The first-order valence-corrected chi connectivity index (χ1v) is 10.4. The van der Waals surface area contributed by atoms with Crippen LogP contribution in [0.1, 0.15) is 32.0 Å². The molecular formula is C24H17BrN2O5. The number of fused-ring (bicyclic) bond motifs is 1. The second kappa shape index (κ2) is 8.76. The number of carbonyl (C=O) groups is 2. The Hall–Kier alpha value is -3.78. The van der Waals surface area contributed by atoms with Gasteiger partial charge in [-0.3, -0.25) is 9.59 Å². The smallest absolute Gasteiger partial charge is 0.339 e. The molecule has 2 aromatic heterocycles. The molecule has 0 aliphatic carbocycles. The number of hydrogen-bond acceptors (Lipinski definition) is 5. The molecule has 0 fully saturated rings. The lowest BCUT2D eigenvalue weighted by atomic mass is 10.00. The van der Waals surface area contributed by atoms with Crippen molar-refractivity contribution in [1.29, 1.82) is 0 Å². The first-order valence-electron chi connectivity index (χ1n) is 9.58. The topological polar surface area (TPSA) is 98.5 Å². The molecule has 0 aliphatic rings. The third-order valence-corrected chi connectivity index (χ3v) is 5.47. The van der Waals surface area contributed by atoms with Crippen molar-refractivity contribution in [1.82, 2.24) is 9.55 Å². The van der Waals surface area contributed by atoms with Gasteiger partial charge in [-0.1, -0.05) is 18.2 Å². The summed E-state index contributed by atoms with van der Waals surface area (Å²) in [5, 5.41) is 9.82. The quantitative estimate of drug-likeness (QED) is 0.320. The molecule has 2 heterocycles. The summed E-state index contributed by atoms with van der Waals surface area (Å²) >= 11 is 3.35. The standard InChI is InChI=1S/C24H17BrN2O5/c1-32-20-10-9-14(11-17(20)24(30)31)22(28)18-13-27(12-15-5-4-8-21(25)26-15)19-7-3-2-6-16(19)23(18)29/h2-11,13H,12H2,1H3,(H,30,31). The number of nitrogens with zero attached hydrogens (tertiary/aromatic N) is 2. The average Bonchev–Trinajstić information content (AvgIpc) is 2.80. The van der Waals surface area contributed by atoms with Crippen molar-refractivity contribution in [2.75, 3.05) is 7.11 Å². The van der Waals surface area contributed by atoms with E-state index in [1.807, 2.05) is 24.3 Å². The average molecular weight is 493 g/mol. The number of halogens is 1. The van der Waals surface area contributed by atoms with Crippen molar-refractivity contribution >= 4 is 38.6 Å². The second-order valence-electron chi connectivity index (χ2n) is 7.02. The van der Waals surface area contributed by atoms with E-state index >= 15 is 0 Å². The lowest BCUT2D eigenvalue weighted by Crippen LogP contribution is -2.20. The molecule has 0 unspecified atom stereocenters. The fourth-order valence-electron chi connectivity index (χ4n) is 3.52. The Labute approximate surface area is 191 Å². The molecule has 0 spiro atoms. The second-order valence-corrected chi connectivity index (χ2v) is 7.83. The normalized spacial score (nSPS) is 10.8. The van der Waals surface area contributed by atoms with E-state index in [-0.39, 0.29) is 22.4 Å². The predicted octanol–water partition coefficient (Wildman–Crippen LogP) is 4.15. The highest BCUT2D eigenvalue weighted by molar-refractivity contribution is 9.10. The minimum absolute atomic E-state index is 0.0554. The van der Waals surface area contributed by atoms with Crippen LogP contribution in [0.2, 0.25) is 0 Å². The zero-order chi connectivity index (χ0) is 22.8. The highest BCUT2D eigenvalue weighted by atomic mass is 79.9. The number of pyridine rings is 2. The Balaban J connectivity index is 1.87. The maximum atomic E-state index is 13.3. The number of aromatic nitrogens is 2. The number of hydrogen-bond donors (Lipinski definition) is 1. The Bertz CT molecular complexity index is 1430. The molecule has 160 valence electrons. The molecule has 0 aliphatic heterocycles. The Morgan fingerprint density at radius 2 is 1.84 bits per heavy atom. The molecule has 0 saturated heterocycles. The maximum absolute atomic E-state index is 13.3. The summed E-state index contributed by atoms with van der Waals surface area (Å²) in [6, 6.07) is 16.6. The molecule has 2 aromatic carbocycles. The van der Waals surface area contributed by atoms with Gasteiger partial charge in [-0.25, -0.2) is 9.78 Å². The van der Waals surface area contributed by atoms with Gasteiger partial charge in [-0.2, -0.15) is 0 Å². The van der Waals surface area contributed by atoms with Gasteiger partial charge in [0.25, 0.3) is 0 Å². The number of para-hydroxylation sites is 1. The van der Waals surface area contributed by atoms with Gasteiger partial charge in [0, 0.05) is 17.1 Å². The zero-order valence-corrected chi connectivity index (χ0v) is 18.5. The SMILES string of the molecule is COc1ccc(C(=O)c2cn(Cc3cccc(Br)n3)c3ccccc3c2=O)cc1C(=O)O. The fourth-order valence-corrected chi connectivity index (χ4v) is 3.90. The number of methoxy groups -OCH3 is 1. The van der Waals surface area contributed by atoms with E-state index in [2.05, 4.69) is 20.9 Å². The van der Waals surface area contributed by atoms with Gasteiger partial charge >= 0.3 is 5.97 Å². The first kappa shape index (κ1) is 21.5. The van der Waals surface area contributed by atoms with Gasteiger partial charge in [-0.05, 0) is 58.4 Å². The van der Waals surface area contributed by atoms with E-state index in [0.29, 0.717) is 22.1 Å². The number of benzene rings is 2. The number of carboxylic acids is 1. The lowest BCUT2D eigenvalue weighted by molar-refractivity contribution is 0.0693. The van der Waals surface area contributed by atoms with Crippen LogP contribution in [0.3, 0.4) is 0 Å². The van der Waals surface area contributed by atoms with Crippen molar-refractivity contribution in [2.45, 2.75) is 6.54 Å². The fraction of sp³-hybridized carbons (Fsp3) is 0.0833.